The predicted octanol–water partition coefficient (Wildman–Crippen LogP) is 3.76. The van der Waals surface area contributed by atoms with E-state index >= 15 is 0 Å². The van der Waals surface area contributed by atoms with Crippen LogP contribution in [0.1, 0.15) is 17.5 Å². The summed E-state index contributed by atoms with van der Waals surface area (Å²) >= 11 is 0. The van der Waals surface area contributed by atoms with E-state index in [1.807, 2.05) is 42.5 Å². The maximum atomic E-state index is 11.7. The van der Waals surface area contributed by atoms with Crippen LogP contribution in [0.15, 0.2) is 73.3 Å². The zero-order valence-corrected chi connectivity index (χ0v) is 11.7. The summed E-state index contributed by atoms with van der Waals surface area (Å²) < 4.78 is 0.878. The molecule has 0 heterocycles. The molecule has 2 nitrogen and oxygen atoms in total. The van der Waals surface area contributed by atoms with Crippen molar-refractivity contribution in [1.29, 1.82) is 0 Å². The molecule has 0 saturated heterocycles. The van der Waals surface area contributed by atoms with Gasteiger partial charge in [-0.15, -0.1) is 6.58 Å². The van der Waals surface area contributed by atoms with E-state index in [0.717, 1.165) is 15.9 Å². The number of hydroxylamine groups is 1. The van der Waals surface area contributed by atoms with E-state index in [4.69, 9.17) is 0 Å². The van der Waals surface area contributed by atoms with Crippen molar-refractivity contribution in [3.8, 4) is 0 Å². The van der Waals surface area contributed by atoms with E-state index in [9.17, 15) is 5.21 Å². The first-order valence-corrected chi connectivity index (χ1v) is 6.67. The van der Waals surface area contributed by atoms with Crippen molar-refractivity contribution in [2.24, 2.45) is 0 Å². The SMILES string of the molecule is C=CCC(/C=[N+](/C)[O-])(c1ccccc1)c1ccccc1. The van der Waals surface area contributed by atoms with Crippen LogP contribution in [0.3, 0.4) is 0 Å². The molecule has 0 aliphatic rings. The first-order chi connectivity index (χ1) is 9.69. The molecule has 2 rings (SSSR count). The quantitative estimate of drug-likeness (QED) is 0.266. The van der Waals surface area contributed by atoms with Crippen LogP contribution in [-0.2, 0) is 5.41 Å². The molecule has 0 radical (unpaired) electrons. The summed E-state index contributed by atoms with van der Waals surface area (Å²) in [6.45, 7) is 3.86. The lowest BCUT2D eigenvalue weighted by atomic mass is 9.73. The van der Waals surface area contributed by atoms with Gasteiger partial charge in [0.25, 0.3) is 0 Å². The Bertz CT molecular complexity index is 544. The van der Waals surface area contributed by atoms with Gasteiger partial charge in [0.05, 0.1) is 0 Å². The monoisotopic (exact) mass is 265 g/mol. The van der Waals surface area contributed by atoms with Crippen molar-refractivity contribution in [2.75, 3.05) is 7.05 Å². The minimum absolute atomic E-state index is 0.471. The minimum atomic E-state index is -0.471. The smallest absolute Gasteiger partial charge is 0.166 e. The molecule has 0 fully saturated rings. The van der Waals surface area contributed by atoms with Gasteiger partial charge >= 0.3 is 0 Å². The molecule has 2 heteroatoms. The van der Waals surface area contributed by atoms with Gasteiger partial charge in [-0.3, -0.25) is 0 Å². The van der Waals surface area contributed by atoms with Crippen LogP contribution in [-0.4, -0.2) is 18.0 Å². The molecule has 0 N–H and O–H groups in total. The van der Waals surface area contributed by atoms with Crippen LogP contribution >= 0.6 is 0 Å². The molecule has 0 spiro atoms. The normalized spacial score (nSPS) is 12.2. The van der Waals surface area contributed by atoms with Crippen molar-refractivity contribution in [3.63, 3.8) is 0 Å². The summed E-state index contributed by atoms with van der Waals surface area (Å²) in [5.74, 6) is 0. The van der Waals surface area contributed by atoms with Crippen LogP contribution in [0, 0.1) is 5.21 Å². The Morgan fingerprint density at radius 2 is 1.45 bits per heavy atom. The van der Waals surface area contributed by atoms with Gasteiger partial charge in [0.1, 0.15) is 12.5 Å². The molecule has 20 heavy (non-hydrogen) atoms. The van der Waals surface area contributed by atoms with E-state index in [-0.39, 0.29) is 0 Å². The van der Waals surface area contributed by atoms with Crippen molar-refractivity contribution >= 4 is 6.21 Å². The van der Waals surface area contributed by atoms with Crippen LogP contribution in [0.25, 0.3) is 0 Å². The van der Waals surface area contributed by atoms with Crippen molar-refractivity contribution in [1.82, 2.24) is 0 Å². The van der Waals surface area contributed by atoms with Crippen LogP contribution < -0.4 is 0 Å². The fourth-order valence-electron chi connectivity index (χ4n) is 2.61. The number of hydrogen-bond acceptors (Lipinski definition) is 1. The molecule has 0 bridgehead atoms. The van der Waals surface area contributed by atoms with Crippen LogP contribution in [0.5, 0.6) is 0 Å². The molecule has 0 unspecified atom stereocenters. The molecular formula is C18H19NO. The number of allylic oxidation sites excluding steroid dienone is 1. The highest BCUT2D eigenvalue weighted by Gasteiger charge is 2.34. The van der Waals surface area contributed by atoms with E-state index < -0.39 is 5.41 Å². The lowest BCUT2D eigenvalue weighted by Crippen LogP contribution is -2.32. The molecule has 0 amide bonds. The van der Waals surface area contributed by atoms with E-state index in [1.54, 1.807) is 6.21 Å². The number of hydrogen-bond donors (Lipinski definition) is 0. The molecule has 0 aromatic heterocycles. The highest BCUT2D eigenvalue weighted by molar-refractivity contribution is 5.76. The van der Waals surface area contributed by atoms with E-state index in [2.05, 4.69) is 30.8 Å². The third kappa shape index (κ3) is 2.80. The Morgan fingerprint density at radius 1 is 1.00 bits per heavy atom. The highest BCUT2D eigenvalue weighted by Crippen LogP contribution is 2.34. The second kappa shape index (κ2) is 6.20. The summed E-state index contributed by atoms with van der Waals surface area (Å²) in [5, 5.41) is 11.7. The maximum Gasteiger partial charge on any atom is 0.166 e. The van der Waals surface area contributed by atoms with Crippen LogP contribution in [0.2, 0.25) is 0 Å². The Morgan fingerprint density at radius 3 is 1.80 bits per heavy atom. The summed E-state index contributed by atoms with van der Waals surface area (Å²) in [5.41, 5.74) is 1.71. The highest BCUT2D eigenvalue weighted by atomic mass is 16.5. The second-order valence-corrected chi connectivity index (χ2v) is 4.87. The average Bonchev–Trinajstić information content (AvgIpc) is 2.48. The fourth-order valence-corrected chi connectivity index (χ4v) is 2.61. The van der Waals surface area contributed by atoms with Crippen LogP contribution in [0.4, 0.5) is 0 Å². The molecule has 0 saturated carbocycles. The molecule has 0 atom stereocenters. The number of nitrogens with zero attached hydrogens (tertiary/aromatic N) is 1. The number of benzene rings is 2. The van der Waals surface area contributed by atoms with E-state index in [0.29, 0.717) is 6.42 Å². The van der Waals surface area contributed by atoms with Gasteiger partial charge in [0.15, 0.2) is 6.21 Å². The maximum absolute atomic E-state index is 11.7. The summed E-state index contributed by atoms with van der Waals surface area (Å²) in [4.78, 5) is 0. The zero-order chi connectivity index (χ0) is 14.4. The summed E-state index contributed by atoms with van der Waals surface area (Å²) in [6.07, 6.45) is 4.26. The lowest BCUT2D eigenvalue weighted by molar-refractivity contribution is -0.420. The number of rotatable bonds is 5. The van der Waals surface area contributed by atoms with Gasteiger partial charge in [0, 0.05) is 0 Å². The Kier molecular flexibility index (Phi) is 4.36. The molecule has 2 aromatic rings. The molecule has 0 aliphatic carbocycles. The molecule has 2 aromatic carbocycles. The van der Waals surface area contributed by atoms with Crippen molar-refractivity contribution in [3.05, 3.63) is 89.7 Å². The fraction of sp³-hybridized carbons (Fsp3) is 0.167. The van der Waals surface area contributed by atoms with Gasteiger partial charge in [-0.05, 0) is 17.5 Å². The third-order valence-electron chi connectivity index (χ3n) is 3.45. The molecular weight excluding hydrogens is 246 g/mol. The zero-order valence-electron chi connectivity index (χ0n) is 11.7. The Hall–Kier alpha value is -2.35. The van der Waals surface area contributed by atoms with Gasteiger partial charge in [-0.2, -0.15) is 0 Å². The second-order valence-electron chi connectivity index (χ2n) is 4.87. The standard InChI is InChI=1S/C18H19NO/c1-3-14-18(15-19(2)20,16-10-6-4-7-11-16)17-12-8-5-9-13-17/h3-13,15H,1,14H2,2H3/b19-15-. The Labute approximate surface area is 120 Å². The first kappa shape index (κ1) is 14.1. The summed E-state index contributed by atoms with van der Waals surface area (Å²) in [7, 11) is 1.52. The molecule has 0 aliphatic heterocycles. The molecule has 102 valence electrons. The van der Waals surface area contributed by atoms with Gasteiger partial charge in [0.2, 0.25) is 0 Å². The van der Waals surface area contributed by atoms with Gasteiger partial charge in [-0.25, -0.2) is 4.74 Å². The Balaban J connectivity index is 2.69. The summed E-state index contributed by atoms with van der Waals surface area (Å²) in [6, 6.07) is 20.1. The predicted molar refractivity (Wildman–Crippen MR) is 84.1 cm³/mol. The third-order valence-corrected chi connectivity index (χ3v) is 3.45. The minimum Gasteiger partial charge on any atom is -0.624 e. The lowest BCUT2D eigenvalue weighted by Gasteiger charge is -2.28. The van der Waals surface area contributed by atoms with Crippen molar-refractivity contribution < 1.29 is 4.74 Å². The van der Waals surface area contributed by atoms with Gasteiger partial charge < -0.3 is 5.21 Å². The van der Waals surface area contributed by atoms with Gasteiger partial charge in [-0.1, -0.05) is 66.7 Å². The van der Waals surface area contributed by atoms with E-state index in [1.165, 1.54) is 7.05 Å². The largest absolute Gasteiger partial charge is 0.624 e. The van der Waals surface area contributed by atoms with Crippen molar-refractivity contribution in [2.45, 2.75) is 11.8 Å². The average molecular weight is 265 g/mol. The first-order valence-electron chi connectivity index (χ1n) is 6.67. The topological polar surface area (TPSA) is 26.1 Å².